The molecule has 0 amide bonds. The van der Waals surface area contributed by atoms with Crippen LogP contribution in [0, 0.1) is 30.3 Å². The van der Waals surface area contributed by atoms with Gasteiger partial charge in [0.25, 0.3) is 17.1 Å². The fourth-order valence-electron chi connectivity index (χ4n) is 16.9. The summed E-state index contributed by atoms with van der Waals surface area (Å²) in [5.41, 5.74) is 8.66. The summed E-state index contributed by atoms with van der Waals surface area (Å²) in [6.45, 7) is 7.97. The Hall–Kier alpha value is -13.7. The van der Waals surface area contributed by atoms with E-state index in [1.54, 1.807) is 87.0 Å². The molecule has 33 heteroatoms. The molecule has 2 aliphatic heterocycles. The summed E-state index contributed by atoms with van der Waals surface area (Å²) >= 11 is 6.67. The van der Waals surface area contributed by atoms with Gasteiger partial charge in [-0.3, -0.25) is 40.1 Å². The average molecular weight is 1680 g/mol. The van der Waals surface area contributed by atoms with Gasteiger partial charge < -0.3 is 57.9 Å². The lowest BCUT2D eigenvalue weighted by Crippen LogP contribution is -2.46. The number of morpholine rings is 2. The number of nitrogens with zero attached hydrogens (tertiary/aromatic N) is 13. The highest BCUT2D eigenvalue weighted by Gasteiger charge is 2.32. The van der Waals surface area contributed by atoms with Crippen molar-refractivity contribution >= 4 is 124 Å². The van der Waals surface area contributed by atoms with Crippen molar-refractivity contribution in [1.82, 2.24) is 53.8 Å². The van der Waals surface area contributed by atoms with Crippen LogP contribution in [0.25, 0.3) is 100.0 Å². The number of ether oxygens (including phenoxy) is 7. The van der Waals surface area contributed by atoms with Crippen LogP contribution >= 0.6 is 11.6 Å². The predicted molar refractivity (Wildman–Crippen MR) is 465 cm³/mol. The second kappa shape index (κ2) is 36.7. The molecule has 2 saturated carbocycles. The first-order chi connectivity index (χ1) is 59.8. The molecule has 8 aromatic carbocycles. The topological polar surface area (TPSA) is 379 Å². The van der Waals surface area contributed by atoms with Gasteiger partial charge in [0, 0.05) is 138 Å². The molecule has 4 aliphatic rings. The third kappa shape index (κ3) is 17.9. The van der Waals surface area contributed by atoms with Crippen LogP contribution in [0.2, 0.25) is 5.15 Å². The van der Waals surface area contributed by atoms with Gasteiger partial charge in [0.05, 0.1) is 121 Å². The molecule has 0 atom stereocenters. The molecule has 2 aliphatic carbocycles. The number of nitrogens with one attached hydrogen (secondary N) is 3. The number of aromatic amines is 1. The van der Waals surface area contributed by atoms with Crippen molar-refractivity contribution in [3.8, 4) is 45.7 Å². The van der Waals surface area contributed by atoms with Gasteiger partial charge in [-0.25, -0.2) is 44.3 Å². The van der Waals surface area contributed by atoms with Crippen LogP contribution < -0.4 is 20.1 Å². The number of fused-ring (bicyclic) bond motifs is 9. The summed E-state index contributed by atoms with van der Waals surface area (Å²) in [4.78, 5) is 107. The zero-order chi connectivity index (χ0) is 85.5. The zero-order valence-electron chi connectivity index (χ0n) is 68.0. The van der Waals surface area contributed by atoms with E-state index in [1.165, 1.54) is 57.7 Å². The Morgan fingerprint density at radius 2 is 0.829 bits per heavy atom. The minimum Gasteiger partial charge on any atom is -0.497 e. The minimum atomic E-state index is -0.474. The average Bonchev–Trinajstić information content (AvgIpc) is 1.60. The van der Waals surface area contributed by atoms with Gasteiger partial charge in [0.15, 0.2) is 17.5 Å². The van der Waals surface area contributed by atoms with Crippen LogP contribution in [-0.2, 0) is 36.8 Å². The number of carbonyl (C=O) groups is 3. The molecule has 0 spiro atoms. The van der Waals surface area contributed by atoms with E-state index in [0.29, 0.717) is 104 Å². The normalized spacial score (nSPS) is 16.9. The third-order valence-electron chi connectivity index (χ3n) is 23.2. The maximum Gasteiger partial charge on any atom is 0.337 e. The first-order valence-corrected chi connectivity index (χ1v) is 40.8. The number of carbonyl (C=O) groups excluding carboxylic acids is 3. The summed E-state index contributed by atoms with van der Waals surface area (Å²) in [6, 6.07) is 51.8. The first kappa shape index (κ1) is 83.0. The molecule has 0 bridgehead atoms. The van der Waals surface area contributed by atoms with Gasteiger partial charge in [-0.15, -0.1) is 0 Å². The van der Waals surface area contributed by atoms with Crippen LogP contribution in [-0.4, -0.2) is 199 Å². The molecular formula is C90H87ClN16O16. The van der Waals surface area contributed by atoms with E-state index in [0.717, 1.165) is 170 Å². The van der Waals surface area contributed by atoms with Gasteiger partial charge in [0.2, 0.25) is 0 Å². The standard InChI is InChI=1S/C36H38N6O6.C28H30N6O5.C26H19ClN4O5/c1-46-29-13-6-23(7-14-29)22-41-31-21-25(36(43)47-2)8-15-30(31)32-34(37-26-9-11-27(12-10-26)40-16-18-48-19-17-40)38-33(39-35(32)41)24-4-3-5-28(20-24)42(44)45;1-38-28(35)18-5-10-22-23(16-18)30-27-24(22)26(31-25(32-27)17-3-2-4-21(15-17)34(36)37)29-19-6-8-20(9-7-19)33-11-13-39-14-12-33;1-35-19-9-6-15(7-10-19)14-30-21-13-17(26(32)36-2)8-11-20(21)22-23(27)28-24(29-25(22)30)16-4-3-5-18(12-16)31(33)34/h3-8,13-15,20-21,26-27H,9-12,16-19,22H2,1-2H3,(H,37,38,39);2-5,10,15-16,19-20H,6-9,11-14H2,1H3,(H2,29,30,31,32);3-13H,14H2,1-2H3. The SMILES string of the molecule is COC(=O)c1ccc2c(c1)[nH]c1nc(-c3cccc([N+](=O)[O-])c3)nc(NC3CCC(N4CCOCC4)CC3)c12.COC(=O)c1ccc2c3c(Cl)nc(-c4cccc([N+](=O)[O-])c4)nc3n(Cc3ccc(OC)cc3)c2c1.COC(=O)c1ccc2c3c(NC4CCC(N5CCOCC5)CC4)nc(-c4cccc([N+](=O)[O-])c4)nc3n(Cc3ccc(OC)cc3)c2c1. The van der Waals surface area contributed by atoms with Crippen LogP contribution in [0.1, 0.15) is 93.6 Å². The lowest BCUT2D eigenvalue weighted by Gasteiger charge is -2.39. The lowest BCUT2D eigenvalue weighted by molar-refractivity contribution is -0.385. The molecule has 32 nitrogen and oxygen atoms in total. The van der Waals surface area contributed by atoms with Crippen LogP contribution in [0.5, 0.6) is 11.5 Å². The fourth-order valence-corrected chi connectivity index (χ4v) is 17.2. The van der Waals surface area contributed by atoms with Gasteiger partial charge in [-0.05, 0) is 123 Å². The lowest BCUT2D eigenvalue weighted by atomic mass is 9.90. The van der Waals surface area contributed by atoms with E-state index < -0.39 is 32.7 Å². The second-order valence-electron chi connectivity index (χ2n) is 30.5. The maximum absolute atomic E-state index is 12.7. The molecule has 630 valence electrons. The third-order valence-corrected chi connectivity index (χ3v) is 23.5. The van der Waals surface area contributed by atoms with Crippen molar-refractivity contribution < 1.29 is 62.3 Å². The van der Waals surface area contributed by atoms with Gasteiger partial charge in [-0.1, -0.05) is 90.5 Å². The van der Waals surface area contributed by atoms with E-state index in [1.807, 2.05) is 71.3 Å². The fraction of sp³-hybridized carbons (Fsp3) is 0.300. The molecule has 4 fully saturated rings. The Balaban J connectivity index is 0.000000138. The first-order valence-electron chi connectivity index (χ1n) is 40.4. The Labute approximate surface area is 708 Å². The summed E-state index contributed by atoms with van der Waals surface area (Å²) in [5.74, 6) is 2.51. The Bertz CT molecular complexity index is 6350. The number of hydrogen-bond donors (Lipinski definition) is 3. The number of H-pyrrole nitrogens is 1. The largest absolute Gasteiger partial charge is 0.497 e. The van der Waals surface area contributed by atoms with E-state index in [4.69, 9.17) is 69.7 Å². The number of aromatic nitrogens is 9. The van der Waals surface area contributed by atoms with Gasteiger partial charge in [-0.2, -0.15) is 0 Å². The van der Waals surface area contributed by atoms with Crippen LogP contribution in [0.4, 0.5) is 28.7 Å². The number of non-ortho nitro benzene ring substituents is 3. The monoisotopic (exact) mass is 1680 g/mol. The van der Waals surface area contributed by atoms with E-state index in [2.05, 4.69) is 35.0 Å². The number of rotatable bonds is 21. The van der Waals surface area contributed by atoms with Crippen molar-refractivity contribution in [2.24, 2.45) is 0 Å². The van der Waals surface area contributed by atoms with Crippen molar-refractivity contribution in [3.05, 3.63) is 239 Å². The number of methoxy groups -OCH3 is 5. The van der Waals surface area contributed by atoms with E-state index in [-0.39, 0.29) is 40.1 Å². The predicted octanol–water partition coefficient (Wildman–Crippen LogP) is 16.2. The van der Waals surface area contributed by atoms with Crippen molar-refractivity contribution in [2.45, 2.75) is 88.6 Å². The molecule has 6 aromatic heterocycles. The summed E-state index contributed by atoms with van der Waals surface area (Å²) < 4.78 is 40.6. The second-order valence-corrected chi connectivity index (χ2v) is 30.8. The highest BCUT2D eigenvalue weighted by molar-refractivity contribution is 6.37. The number of benzene rings is 8. The highest BCUT2D eigenvalue weighted by Crippen LogP contribution is 2.42. The molecule has 3 N–H and O–H groups in total. The Morgan fingerprint density at radius 3 is 1.24 bits per heavy atom. The molecule has 0 unspecified atom stereocenters. The minimum absolute atomic E-state index is 0.0218. The molecule has 2 saturated heterocycles. The number of hydrogen-bond acceptors (Lipinski definition) is 26. The summed E-state index contributed by atoms with van der Waals surface area (Å²) in [6.07, 6.45) is 8.33. The maximum atomic E-state index is 12.7. The van der Waals surface area contributed by atoms with Gasteiger partial charge in [0.1, 0.15) is 45.2 Å². The van der Waals surface area contributed by atoms with Crippen LogP contribution in [0.3, 0.4) is 0 Å². The summed E-state index contributed by atoms with van der Waals surface area (Å²) in [7, 11) is 7.28. The van der Waals surface area contributed by atoms with Crippen molar-refractivity contribution in [2.75, 3.05) is 98.8 Å². The highest BCUT2D eigenvalue weighted by atomic mass is 35.5. The zero-order valence-corrected chi connectivity index (χ0v) is 68.8. The number of halogens is 1. The van der Waals surface area contributed by atoms with E-state index in [9.17, 15) is 44.7 Å². The number of anilines is 2. The number of esters is 3. The molecule has 14 aromatic rings. The smallest absolute Gasteiger partial charge is 0.337 e. The molecule has 8 heterocycles. The number of nitro groups is 3. The molecule has 123 heavy (non-hydrogen) atoms. The van der Waals surface area contributed by atoms with Crippen LogP contribution in [0.15, 0.2) is 176 Å². The van der Waals surface area contributed by atoms with Crippen molar-refractivity contribution in [1.29, 1.82) is 0 Å². The van der Waals surface area contributed by atoms with E-state index >= 15 is 0 Å². The summed E-state index contributed by atoms with van der Waals surface area (Å²) in [5, 5.41) is 46.8. The number of nitro benzene ring substituents is 3. The molecule has 18 rings (SSSR count). The molecular weight excluding hydrogens is 1600 g/mol. The Morgan fingerprint density at radius 1 is 0.447 bits per heavy atom. The molecule has 0 radical (unpaired) electrons. The Kier molecular flexibility index (Phi) is 24.8. The van der Waals surface area contributed by atoms with Crippen molar-refractivity contribution in [3.63, 3.8) is 0 Å². The van der Waals surface area contributed by atoms with Gasteiger partial charge >= 0.3 is 17.9 Å². The quantitative estimate of drug-likeness (QED) is 0.0198.